The summed E-state index contributed by atoms with van der Waals surface area (Å²) in [6.45, 7) is 0. The standard InChI is InChI=1S/C18H14N2O4/c1-19-17(22)11-6-2-4-8-13(11)20-18(23)16-10-14(21)12-7-3-5-9-15(12)24-16/h2-10H,1H3,(H,19,22)(H,20,23). The van der Waals surface area contributed by atoms with Crippen molar-refractivity contribution in [3.05, 3.63) is 76.1 Å². The summed E-state index contributed by atoms with van der Waals surface area (Å²) in [6.07, 6.45) is 0. The average Bonchev–Trinajstić information content (AvgIpc) is 2.61. The van der Waals surface area contributed by atoms with Crippen LogP contribution in [0.3, 0.4) is 0 Å². The number of nitrogens with one attached hydrogen (secondary N) is 2. The number of para-hydroxylation sites is 2. The molecule has 2 N–H and O–H groups in total. The molecular formula is C18H14N2O4. The van der Waals surface area contributed by atoms with Gasteiger partial charge in [-0.25, -0.2) is 0 Å². The Morgan fingerprint density at radius 1 is 0.958 bits per heavy atom. The maximum Gasteiger partial charge on any atom is 0.291 e. The van der Waals surface area contributed by atoms with Crippen LogP contribution in [0, 0.1) is 0 Å². The van der Waals surface area contributed by atoms with E-state index in [-0.39, 0.29) is 17.1 Å². The molecule has 0 atom stereocenters. The molecule has 0 fully saturated rings. The van der Waals surface area contributed by atoms with E-state index in [4.69, 9.17) is 4.42 Å². The zero-order valence-electron chi connectivity index (χ0n) is 12.8. The van der Waals surface area contributed by atoms with E-state index in [2.05, 4.69) is 10.6 Å². The lowest BCUT2D eigenvalue weighted by molar-refractivity contribution is 0.0964. The van der Waals surface area contributed by atoms with Crippen LogP contribution in [-0.4, -0.2) is 18.9 Å². The molecule has 120 valence electrons. The van der Waals surface area contributed by atoms with Crippen LogP contribution >= 0.6 is 0 Å². The molecule has 0 bridgehead atoms. The highest BCUT2D eigenvalue weighted by atomic mass is 16.3. The normalized spacial score (nSPS) is 10.4. The van der Waals surface area contributed by atoms with Crippen LogP contribution < -0.4 is 16.1 Å². The predicted molar refractivity (Wildman–Crippen MR) is 90.3 cm³/mol. The van der Waals surface area contributed by atoms with Gasteiger partial charge in [-0.2, -0.15) is 0 Å². The molecule has 2 amide bonds. The Labute approximate surface area is 137 Å². The van der Waals surface area contributed by atoms with Crippen molar-refractivity contribution in [1.29, 1.82) is 0 Å². The number of hydrogen-bond donors (Lipinski definition) is 2. The van der Waals surface area contributed by atoms with Crippen molar-refractivity contribution < 1.29 is 14.0 Å². The van der Waals surface area contributed by atoms with Crippen molar-refractivity contribution in [2.75, 3.05) is 12.4 Å². The molecule has 2 aromatic carbocycles. The molecule has 24 heavy (non-hydrogen) atoms. The Morgan fingerprint density at radius 3 is 2.46 bits per heavy atom. The molecule has 0 aliphatic rings. The zero-order chi connectivity index (χ0) is 17.1. The Balaban J connectivity index is 1.97. The van der Waals surface area contributed by atoms with Crippen LogP contribution in [0.1, 0.15) is 20.9 Å². The van der Waals surface area contributed by atoms with Gasteiger partial charge in [0.1, 0.15) is 5.58 Å². The number of carbonyl (C=O) groups is 2. The number of amides is 2. The van der Waals surface area contributed by atoms with E-state index in [1.54, 1.807) is 48.5 Å². The molecule has 0 saturated carbocycles. The number of carbonyl (C=O) groups excluding carboxylic acids is 2. The van der Waals surface area contributed by atoms with Gasteiger partial charge < -0.3 is 15.1 Å². The van der Waals surface area contributed by atoms with E-state index in [0.717, 1.165) is 6.07 Å². The summed E-state index contributed by atoms with van der Waals surface area (Å²) >= 11 is 0. The molecule has 1 aromatic heterocycles. The first-order valence-electron chi connectivity index (χ1n) is 7.25. The van der Waals surface area contributed by atoms with Gasteiger partial charge in [0.05, 0.1) is 16.6 Å². The van der Waals surface area contributed by atoms with Gasteiger partial charge in [0, 0.05) is 13.1 Å². The molecule has 0 spiro atoms. The molecular weight excluding hydrogens is 308 g/mol. The fourth-order valence-corrected chi connectivity index (χ4v) is 2.32. The average molecular weight is 322 g/mol. The van der Waals surface area contributed by atoms with E-state index < -0.39 is 5.91 Å². The van der Waals surface area contributed by atoms with Crippen LogP contribution in [0.2, 0.25) is 0 Å². The SMILES string of the molecule is CNC(=O)c1ccccc1NC(=O)c1cc(=O)c2ccccc2o1. The molecule has 0 aliphatic carbocycles. The van der Waals surface area contributed by atoms with Crippen molar-refractivity contribution in [2.24, 2.45) is 0 Å². The summed E-state index contributed by atoms with van der Waals surface area (Å²) in [4.78, 5) is 36.3. The van der Waals surface area contributed by atoms with Gasteiger partial charge >= 0.3 is 0 Å². The summed E-state index contributed by atoms with van der Waals surface area (Å²) in [5.74, 6) is -1.05. The number of anilines is 1. The first kappa shape index (κ1) is 15.5. The number of fused-ring (bicyclic) bond motifs is 1. The lowest BCUT2D eigenvalue weighted by atomic mass is 10.1. The maximum absolute atomic E-state index is 12.4. The second-order valence-corrected chi connectivity index (χ2v) is 5.05. The van der Waals surface area contributed by atoms with E-state index >= 15 is 0 Å². The Bertz CT molecular complexity index is 991. The smallest absolute Gasteiger partial charge is 0.291 e. The molecule has 0 aliphatic heterocycles. The molecule has 6 heteroatoms. The van der Waals surface area contributed by atoms with E-state index in [1.165, 1.54) is 7.05 Å². The predicted octanol–water partition coefficient (Wildman–Crippen LogP) is 2.40. The van der Waals surface area contributed by atoms with Gasteiger partial charge in [-0.1, -0.05) is 24.3 Å². The molecule has 6 nitrogen and oxygen atoms in total. The first-order valence-corrected chi connectivity index (χ1v) is 7.25. The summed E-state index contributed by atoms with van der Waals surface area (Å²) in [7, 11) is 1.50. The quantitative estimate of drug-likeness (QED) is 0.775. The lowest BCUT2D eigenvalue weighted by Gasteiger charge is -2.09. The summed E-state index contributed by atoms with van der Waals surface area (Å²) in [5, 5.41) is 5.51. The van der Waals surface area contributed by atoms with Crippen molar-refractivity contribution in [2.45, 2.75) is 0 Å². The molecule has 0 radical (unpaired) electrons. The highest BCUT2D eigenvalue weighted by Crippen LogP contribution is 2.17. The van der Waals surface area contributed by atoms with Gasteiger partial charge in [-0.15, -0.1) is 0 Å². The molecule has 0 saturated heterocycles. The fraction of sp³-hybridized carbons (Fsp3) is 0.0556. The van der Waals surface area contributed by atoms with Gasteiger partial charge in [0.25, 0.3) is 11.8 Å². The molecule has 3 aromatic rings. The van der Waals surface area contributed by atoms with E-state index in [9.17, 15) is 14.4 Å². The Morgan fingerprint density at radius 2 is 1.67 bits per heavy atom. The van der Waals surface area contributed by atoms with Crippen LogP contribution in [0.25, 0.3) is 11.0 Å². The number of hydrogen-bond acceptors (Lipinski definition) is 4. The third kappa shape index (κ3) is 2.89. The number of benzene rings is 2. The first-order chi connectivity index (χ1) is 11.6. The molecule has 3 rings (SSSR count). The van der Waals surface area contributed by atoms with E-state index in [1.807, 2.05) is 0 Å². The monoisotopic (exact) mass is 322 g/mol. The van der Waals surface area contributed by atoms with Gasteiger partial charge in [0.2, 0.25) is 0 Å². The summed E-state index contributed by atoms with van der Waals surface area (Å²) < 4.78 is 5.49. The minimum atomic E-state index is -0.603. The van der Waals surface area contributed by atoms with Crippen LogP contribution in [0.15, 0.2) is 63.8 Å². The minimum Gasteiger partial charge on any atom is -0.451 e. The van der Waals surface area contributed by atoms with Crippen molar-refractivity contribution >= 4 is 28.5 Å². The van der Waals surface area contributed by atoms with Gasteiger partial charge in [0.15, 0.2) is 11.2 Å². The second-order valence-electron chi connectivity index (χ2n) is 5.05. The van der Waals surface area contributed by atoms with Crippen molar-refractivity contribution in [3.63, 3.8) is 0 Å². The summed E-state index contributed by atoms with van der Waals surface area (Å²) in [5.41, 5.74) is 0.672. The minimum absolute atomic E-state index is 0.120. The second kappa shape index (κ2) is 6.37. The Hall–Kier alpha value is -3.41. The zero-order valence-corrected chi connectivity index (χ0v) is 12.8. The largest absolute Gasteiger partial charge is 0.451 e. The summed E-state index contributed by atoms with van der Waals surface area (Å²) in [6, 6.07) is 14.4. The topological polar surface area (TPSA) is 88.4 Å². The number of rotatable bonds is 3. The third-order valence-corrected chi connectivity index (χ3v) is 3.51. The third-order valence-electron chi connectivity index (χ3n) is 3.51. The molecule has 0 unspecified atom stereocenters. The van der Waals surface area contributed by atoms with Gasteiger partial charge in [-0.05, 0) is 24.3 Å². The van der Waals surface area contributed by atoms with Crippen LogP contribution in [-0.2, 0) is 0 Å². The van der Waals surface area contributed by atoms with Gasteiger partial charge in [-0.3, -0.25) is 14.4 Å². The lowest BCUT2D eigenvalue weighted by Crippen LogP contribution is -2.22. The molecule has 1 heterocycles. The maximum atomic E-state index is 12.4. The Kier molecular flexibility index (Phi) is 4.11. The fourth-order valence-electron chi connectivity index (χ4n) is 2.32. The van der Waals surface area contributed by atoms with Crippen molar-refractivity contribution in [1.82, 2.24) is 5.32 Å². The van der Waals surface area contributed by atoms with Crippen LogP contribution in [0.5, 0.6) is 0 Å². The van der Waals surface area contributed by atoms with Crippen LogP contribution in [0.4, 0.5) is 5.69 Å². The highest BCUT2D eigenvalue weighted by Gasteiger charge is 2.16. The highest BCUT2D eigenvalue weighted by molar-refractivity contribution is 6.08. The van der Waals surface area contributed by atoms with Crippen molar-refractivity contribution in [3.8, 4) is 0 Å². The van der Waals surface area contributed by atoms with E-state index in [0.29, 0.717) is 22.2 Å².